The van der Waals surface area contributed by atoms with Gasteiger partial charge in [-0.2, -0.15) is 10.2 Å². The number of nitrogens with zero attached hydrogens (tertiary/aromatic N) is 5. The quantitative estimate of drug-likeness (QED) is 0.363. The van der Waals surface area contributed by atoms with Crippen LogP contribution in [0.15, 0.2) is 28.3 Å². The molecule has 2 aromatic rings. The Bertz CT molecular complexity index is 1050. The second kappa shape index (κ2) is 10.4. The lowest BCUT2D eigenvalue weighted by atomic mass is 10.1. The number of ether oxygens (including phenoxy) is 1. The lowest BCUT2D eigenvalue weighted by molar-refractivity contribution is -0.386. The van der Waals surface area contributed by atoms with Gasteiger partial charge in [0.15, 0.2) is 0 Å². The predicted octanol–water partition coefficient (Wildman–Crippen LogP) is 2.90. The third-order valence-electron chi connectivity index (χ3n) is 4.44. The summed E-state index contributed by atoms with van der Waals surface area (Å²) < 4.78 is 7.81. The number of benzene rings is 1. The van der Waals surface area contributed by atoms with Gasteiger partial charge in [0.2, 0.25) is 0 Å². The highest BCUT2D eigenvalue weighted by Gasteiger charge is 2.22. The van der Waals surface area contributed by atoms with Crippen LogP contribution in [-0.4, -0.2) is 50.6 Å². The van der Waals surface area contributed by atoms with Crippen molar-refractivity contribution in [3.05, 3.63) is 50.8 Å². The van der Waals surface area contributed by atoms with Crippen molar-refractivity contribution in [1.82, 2.24) is 15.2 Å². The number of hydrogen-bond donors (Lipinski definition) is 1. The Balaban J connectivity index is 1.61. The van der Waals surface area contributed by atoms with Gasteiger partial charge < -0.3 is 4.74 Å². The van der Waals surface area contributed by atoms with Crippen LogP contribution >= 0.6 is 23.5 Å². The summed E-state index contributed by atoms with van der Waals surface area (Å²) in [5, 5.41) is 19.1. The zero-order chi connectivity index (χ0) is 22.4. The first-order chi connectivity index (χ1) is 14.9. The molecule has 0 saturated heterocycles. The first-order valence-corrected chi connectivity index (χ1v) is 11.3. The van der Waals surface area contributed by atoms with Gasteiger partial charge in [-0.05, 0) is 37.6 Å². The molecule has 1 aliphatic rings. The Labute approximate surface area is 187 Å². The van der Waals surface area contributed by atoms with E-state index in [1.807, 2.05) is 18.2 Å². The molecular formula is C19H22N6O4S2. The van der Waals surface area contributed by atoms with Crippen molar-refractivity contribution in [3.63, 3.8) is 0 Å². The standard InChI is InChI=1S/C19H22N6O4S2/c1-12-18(25(27)28)13(2)24(23-12)10-17(26)22-21-9-14-4-5-16(29-3)15(8-14)11-31-19-20-6-7-30-19/h4-5,8-9H,6-7,10-11H2,1-3H3,(H,22,26). The zero-order valence-electron chi connectivity index (χ0n) is 17.3. The smallest absolute Gasteiger partial charge is 0.312 e. The minimum Gasteiger partial charge on any atom is -0.496 e. The van der Waals surface area contributed by atoms with E-state index in [-0.39, 0.29) is 17.9 Å². The Kier molecular flexibility index (Phi) is 7.69. The third-order valence-corrected chi connectivity index (χ3v) is 6.74. The van der Waals surface area contributed by atoms with Crippen LogP contribution in [0.5, 0.6) is 5.75 Å². The summed E-state index contributed by atoms with van der Waals surface area (Å²) in [5.74, 6) is 2.09. The maximum atomic E-state index is 12.2. The number of hydrogen-bond acceptors (Lipinski definition) is 9. The van der Waals surface area contributed by atoms with Crippen LogP contribution < -0.4 is 10.2 Å². The molecule has 1 aromatic heterocycles. The highest BCUT2D eigenvalue weighted by Crippen LogP contribution is 2.29. The van der Waals surface area contributed by atoms with Gasteiger partial charge in [-0.15, -0.1) is 0 Å². The molecule has 12 heteroatoms. The Morgan fingerprint density at radius 1 is 1.48 bits per heavy atom. The topological polar surface area (TPSA) is 124 Å². The van der Waals surface area contributed by atoms with Crippen molar-refractivity contribution in [1.29, 1.82) is 0 Å². The minimum atomic E-state index is -0.498. The van der Waals surface area contributed by atoms with Gasteiger partial charge in [0, 0.05) is 17.1 Å². The van der Waals surface area contributed by atoms with Gasteiger partial charge in [0.05, 0.1) is 24.8 Å². The van der Waals surface area contributed by atoms with E-state index in [1.54, 1.807) is 37.6 Å². The summed E-state index contributed by atoms with van der Waals surface area (Å²) in [4.78, 5) is 27.2. The molecule has 0 radical (unpaired) electrons. The van der Waals surface area contributed by atoms with Crippen LogP contribution in [0.3, 0.4) is 0 Å². The second-order valence-electron chi connectivity index (χ2n) is 6.58. The molecule has 31 heavy (non-hydrogen) atoms. The average Bonchev–Trinajstić information content (AvgIpc) is 3.34. The fourth-order valence-electron chi connectivity index (χ4n) is 2.99. The highest BCUT2D eigenvalue weighted by atomic mass is 32.2. The molecule has 3 rings (SSSR count). The SMILES string of the molecule is COc1ccc(C=NNC(=O)Cn2nc(C)c([N+](=O)[O-])c2C)cc1CSC1=NCCS1. The highest BCUT2D eigenvalue weighted by molar-refractivity contribution is 8.38. The lowest BCUT2D eigenvalue weighted by Crippen LogP contribution is -2.24. The van der Waals surface area contributed by atoms with E-state index in [4.69, 9.17) is 4.74 Å². The van der Waals surface area contributed by atoms with Gasteiger partial charge in [0.1, 0.15) is 28.1 Å². The molecule has 0 unspecified atom stereocenters. The fourth-order valence-corrected chi connectivity index (χ4v) is 4.98. The molecule has 1 aliphatic heterocycles. The van der Waals surface area contributed by atoms with Crippen LogP contribution in [0.25, 0.3) is 0 Å². The minimum absolute atomic E-state index is 0.0816. The van der Waals surface area contributed by atoms with Gasteiger partial charge in [-0.25, -0.2) is 5.43 Å². The number of hydrazone groups is 1. The van der Waals surface area contributed by atoms with Crippen LogP contribution in [0.4, 0.5) is 5.69 Å². The number of aryl methyl sites for hydroxylation is 1. The molecule has 1 N–H and O–H groups in total. The average molecular weight is 463 g/mol. The molecule has 10 nitrogen and oxygen atoms in total. The van der Waals surface area contributed by atoms with Crippen molar-refractivity contribution in [2.45, 2.75) is 26.1 Å². The van der Waals surface area contributed by atoms with Crippen LogP contribution in [0.2, 0.25) is 0 Å². The second-order valence-corrected chi connectivity index (χ2v) is 8.89. The number of carbonyl (C=O) groups excluding carboxylic acids is 1. The monoisotopic (exact) mass is 462 g/mol. The van der Waals surface area contributed by atoms with E-state index in [9.17, 15) is 14.9 Å². The van der Waals surface area contributed by atoms with Crippen LogP contribution in [-0.2, 0) is 17.1 Å². The summed E-state index contributed by atoms with van der Waals surface area (Å²) in [6.45, 7) is 3.79. The number of nitro groups is 1. The van der Waals surface area contributed by atoms with Crippen LogP contribution in [0, 0.1) is 24.0 Å². The number of aliphatic imine (C=N–C) groups is 1. The van der Waals surface area contributed by atoms with Crippen LogP contribution in [0.1, 0.15) is 22.5 Å². The van der Waals surface area contributed by atoms with E-state index < -0.39 is 10.8 Å². The molecule has 0 bridgehead atoms. The number of rotatable bonds is 8. The van der Waals surface area contributed by atoms with Crippen molar-refractivity contribution in [2.24, 2.45) is 10.1 Å². The van der Waals surface area contributed by atoms with Gasteiger partial charge in [-0.1, -0.05) is 23.5 Å². The van der Waals surface area contributed by atoms with E-state index in [1.165, 1.54) is 17.8 Å². The fraction of sp³-hybridized carbons (Fsp3) is 0.368. The lowest BCUT2D eigenvalue weighted by Gasteiger charge is -2.09. The van der Waals surface area contributed by atoms with Crippen molar-refractivity contribution >= 4 is 45.7 Å². The Morgan fingerprint density at radius 2 is 2.29 bits per heavy atom. The number of aromatic nitrogens is 2. The molecule has 0 spiro atoms. The molecular weight excluding hydrogens is 440 g/mol. The predicted molar refractivity (Wildman–Crippen MR) is 123 cm³/mol. The number of methoxy groups -OCH3 is 1. The van der Waals surface area contributed by atoms with Crippen molar-refractivity contribution in [3.8, 4) is 5.75 Å². The molecule has 1 aromatic carbocycles. The van der Waals surface area contributed by atoms with Gasteiger partial charge >= 0.3 is 5.69 Å². The summed E-state index contributed by atoms with van der Waals surface area (Å²) in [6, 6.07) is 5.65. The zero-order valence-corrected chi connectivity index (χ0v) is 19.0. The van der Waals surface area contributed by atoms with Crippen molar-refractivity contribution in [2.75, 3.05) is 19.4 Å². The maximum Gasteiger partial charge on any atom is 0.312 e. The molecule has 0 atom stereocenters. The number of thioether (sulfide) groups is 2. The normalized spacial score (nSPS) is 13.5. The Morgan fingerprint density at radius 3 is 2.94 bits per heavy atom. The van der Waals surface area contributed by atoms with Crippen molar-refractivity contribution < 1.29 is 14.5 Å². The summed E-state index contributed by atoms with van der Waals surface area (Å²) in [7, 11) is 1.63. The molecule has 0 aliphatic carbocycles. The van der Waals surface area contributed by atoms with E-state index >= 15 is 0 Å². The summed E-state index contributed by atoms with van der Waals surface area (Å²) in [5.41, 5.74) is 4.75. The van der Waals surface area contributed by atoms with Gasteiger partial charge in [-0.3, -0.25) is 24.6 Å². The molecule has 0 fully saturated rings. The number of nitrogens with one attached hydrogen (secondary N) is 1. The Hall–Kier alpha value is -2.86. The summed E-state index contributed by atoms with van der Waals surface area (Å²) in [6.07, 6.45) is 1.54. The first kappa shape index (κ1) is 22.8. The van der Waals surface area contributed by atoms with Gasteiger partial charge in [0.25, 0.3) is 5.91 Å². The molecule has 2 heterocycles. The van der Waals surface area contributed by atoms with E-state index in [0.29, 0.717) is 5.69 Å². The number of amides is 1. The molecule has 1 amide bonds. The first-order valence-electron chi connectivity index (χ1n) is 9.36. The molecule has 0 saturated carbocycles. The number of carbonyl (C=O) groups is 1. The summed E-state index contributed by atoms with van der Waals surface area (Å²) >= 11 is 3.43. The molecule has 164 valence electrons. The largest absolute Gasteiger partial charge is 0.496 e. The van der Waals surface area contributed by atoms with E-state index in [2.05, 4.69) is 20.6 Å². The third kappa shape index (κ3) is 5.85. The maximum absolute atomic E-state index is 12.2. The van der Waals surface area contributed by atoms with E-state index in [0.717, 1.165) is 39.3 Å².